The number of carbonyl (C=O) groups is 2. The van der Waals surface area contributed by atoms with E-state index in [9.17, 15) is 14.0 Å². The van der Waals surface area contributed by atoms with Crippen LogP contribution in [0.3, 0.4) is 0 Å². The number of nitrogens with zero attached hydrogens (tertiary/aromatic N) is 1. The van der Waals surface area contributed by atoms with Gasteiger partial charge in [-0.05, 0) is 31.0 Å². The normalized spacial score (nSPS) is 19.7. The largest absolute Gasteiger partial charge is 0.480 e. The zero-order valence-electron chi connectivity index (χ0n) is 15.6. The van der Waals surface area contributed by atoms with E-state index in [1.54, 1.807) is 18.2 Å². The maximum atomic E-state index is 14.0. The molecule has 2 amide bonds. The van der Waals surface area contributed by atoms with Gasteiger partial charge in [-0.3, -0.25) is 9.69 Å². The van der Waals surface area contributed by atoms with Gasteiger partial charge in [-0.15, -0.1) is 0 Å². The Bertz CT molecular complexity index is 645. The molecule has 0 aliphatic heterocycles. The van der Waals surface area contributed by atoms with Crippen molar-refractivity contribution in [3.8, 4) is 0 Å². The monoisotopic (exact) mass is 365 g/mol. The van der Waals surface area contributed by atoms with E-state index in [4.69, 9.17) is 5.11 Å². The summed E-state index contributed by atoms with van der Waals surface area (Å²) in [5, 5.41) is 14.6. The summed E-state index contributed by atoms with van der Waals surface area (Å²) >= 11 is 0. The number of hydrogen-bond acceptors (Lipinski definition) is 3. The molecule has 0 aromatic heterocycles. The van der Waals surface area contributed by atoms with Crippen molar-refractivity contribution in [1.82, 2.24) is 15.5 Å². The second kappa shape index (κ2) is 8.49. The van der Waals surface area contributed by atoms with Crippen LogP contribution in [0.5, 0.6) is 0 Å². The summed E-state index contributed by atoms with van der Waals surface area (Å²) in [6.07, 6.45) is 1.48. The van der Waals surface area contributed by atoms with Crippen molar-refractivity contribution in [2.24, 2.45) is 0 Å². The minimum Gasteiger partial charge on any atom is -0.480 e. The Morgan fingerprint density at radius 2 is 1.96 bits per heavy atom. The molecular weight excluding hydrogens is 337 g/mol. The van der Waals surface area contributed by atoms with Gasteiger partial charge in [-0.1, -0.05) is 39.0 Å². The van der Waals surface area contributed by atoms with E-state index in [-0.39, 0.29) is 30.5 Å². The Morgan fingerprint density at radius 3 is 2.54 bits per heavy atom. The topological polar surface area (TPSA) is 81.7 Å². The van der Waals surface area contributed by atoms with Crippen LogP contribution in [0.15, 0.2) is 24.3 Å². The summed E-state index contributed by atoms with van der Waals surface area (Å²) in [5.74, 6) is -1.11. The molecule has 0 saturated heterocycles. The first kappa shape index (κ1) is 20.2. The average molecular weight is 365 g/mol. The number of amides is 2. The molecule has 3 N–H and O–H groups in total. The molecule has 2 rings (SSSR count). The van der Waals surface area contributed by atoms with Crippen LogP contribution in [-0.2, 0) is 10.2 Å². The summed E-state index contributed by atoms with van der Waals surface area (Å²) in [4.78, 5) is 24.9. The standard InChI is InChI=1S/C19H28FN3O3/c1-4-23(11-17(24)25)14-9-13(10-14)22-18(26)21-12-19(2,3)15-7-5-6-8-16(15)20/h5-8,13-14H,4,9-12H2,1-3H3,(H,24,25)(H2,21,22,26). The van der Waals surface area contributed by atoms with E-state index in [1.807, 2.05) is 25.7 Å². The van der Waals surface area contributed by atoms with Crippen LogP contribution in [0.4, 0.5) is 9.18 Å². The van der Waals surface area contributed by atoms with Gasteiger partial charge in [-0.2, -0.15) is 0 Å². The van der Waals surface area contributed by atoms with Gasteiger partial charge in [0, 0.05) is 24.0 Å². The number of carboxylic acid groups (broad SMARTS) is 1. The molecule has 1 fully saturated rings. The molecule has 26 heavy (non-hydrogen) atoms. The number of halogens is 1. The predicted octanol–water partition coefficient (Wildman–Crippen LogP) is 2.34. The Labute approximate surface area is 153 Å². The fourth-order valence-electron chi connectivity index (χ4n) is 3.32. The number of carboxylic acids is 1. The smallest absolute Gasteiger partial charge is 0.317 e. The van der Waals surface area contributed by atoms with Crippen LogP contribution < -0.4 is 10.6 Å². The third-order valence-corrected chi connectivity index (χ3v) is 5.00. The van der Waals surface area contributed by atoms with Crippen molar-refractivity contribution in [2.45, 2.75) is 51.1 Å². The van der Waals surface area contributed by atoms with Crippen LogP contribution >= 0.6 is 0 Å². The minimum atomic E-state index is -0.837. The molecule has 6 nitrogen and oxygen atoms in total. The molecule has 1 aliphatic rings. The Hall–Kier alpha value is -2.15. The van der Waals surface area contributed by atoms with Crippen molar-refractivity contribution in [1.29, 1.82) is 0 Å². The number of hydrogen-bond donors (Lipinski definition) is 3. The fourth-order valence-corrected chi connectivity index (χ4v) is 3.32. The van der Waals surface area contributed by atoms with Crippen LogP contribution in [0, 0.1) is 5.82 Å². The van der Waals surface area contributed by atoms with Crippen LogP contribution in [-0.4, -0.2) is 53.7 Å². The van der Waals surface area contributed by atoms with Crippen LogP contribution in [0.25, 0.3) is 0 Å². The van der Waals surface area contributed by atoms with E-state index >= 15 is 0 Å². The van der Waals surface area contributed by atoms with Gasteiger partial charge in [0.1, 0.15) is 5.82 Å². The summed E-state index contributed by atoms with van der Waals surface area (Å²) in [6, 6.07) is 6.53. The highest BCUT2D eigenvalue weighted by molar-refractivity contribution is 5.74. The average Bonchev–Trinajstić information content (AvgIpc) is 2.54. The molecule has 0 unspecified atom stereocenters. The lowest BCUT2D eigenvalue weighted by molar-refractivity contribution is -0.139. The molecule has 0 atom stereocenters. The summed E-state index contributed by atoms with van der Waals surface area (Å²) < 4.78 is 14.0. The van der Waals surface area contributed by atoms with Crippen molar-refractivity contribution in [3.63, 3.8) is 0 Å². The lowest BCUT2D eigenvalue weighted by Crippen LogP contribution is -2.56. The number of urea groups is 1. The molecule has 0 spiro atoms. The van der Waals surface area contributed by atoms with Gasteiger partial charge >= 0.3 is 12.0 Å². The maximum Gasteiger partial charge on any atom is 0.317 e. The van der Waals surface area contributed by atoms with Crippen molar-refractivity contribution < 1.29 is 19.1 Å². The van der Waals surface area contributed by atoms with Gasteiger partial charge in [0.25, 0.3) is 0 Å². The number of nitrogens with one attached hydrogen (secondary N) is 2. The lowest BCUT2D eigenvalue weighted by atomic mass is 9.84. The molecule has 1 aromatic rings. The first-order valence-corrected chi connectivity index (χ1v) is 8.98. The highest BCUT2D eigenvalue weighted by atomic mass is 19.1. The van der Waals surface area contributed by atoms with E-state index in [0.717, 1.165) is 12.8 Å². The molecule has 7 heteroatoms. The second-order valence-electron chi connectivity index (χ2n) is 7.47. The summed E-state index contributed by atoms with van der Waals surface area (Å²) in [5.41, 5.74) is 0.0435. The molecule has 0 bridgehead atoms. The number of benzene rings is 1. The van der Waals surface area contributed by atoms with E-state index in [2.05, 4.69) is 10.6 Å². The fraction of sp³-hybridized carbons (Fsp3) is 0.579. The lowest BCUT2D eigenvalue weighted by Gasteiger charge is -2.42. The summed E-state index contributed by atoms with van der Waals surface area (Å²) in [7, 11) is 0. The van der Waals surface area contributed by atoms with Crippen molar-refractivity contribution in [3.05, 3.63) is 35.6 Å². The van der Waals surface area contributed by atoms with Crippen molar-refractivity contribution in [2.75, 3.05) is 19.6 Å². The quantitative estimate of drug-likeness (QED) is 0.660. The SMILES string of the molecule is CCN(CC(=O)O)C1CC(NC(=O)NCC(C)(C)c2ccccc2F)C1. The molecule has 0 heterocycles. The number of rotatable bonds is 8. The van der Waals surface area contributed by atoms with Crippen molar-refractivity contribution >= 4 is 12.0 Å². The Kier molecular flexibility index (Phi) is 6.58. The molecule has 1 aliphatic carbocycles. The molecule has 1 saturated carbocycles. The van der Waals surface area contributed by atoms with E-state index in [0.29, 0.717) is 18.7 Å². The maximum absolute atomic E-state index is 14.0. The Morgan fingerprint density at radius 1 is 1.31 bits per heavy atom. The molecule has 144 valence electrons. The van der Waals surface area contributed by atoms with Crippen LogP contribution in [0.2, 0.25) is 0 Å². The third-order valence-electron chi connectivity index (χ3n) is 5.00. The van der Waals surface area contributed by atoms with E-state index < -0.39 is 11.4 Å². The van der Waals surface area contributed by atoms with Gasteiger partial charge in [0.15, 0.2) is 0 Å². The summed E-state index contributed by atoms with van der Waals surface area (Å²) in [6.45, 7) is 6.72. The van der Waals surface area contributed by atoms with Gasteiger partial charge in [0.2, 0.25) is 0 Å². The zero-order chi connectivity index (χ0) is 19.3. The minimum absolute atomic E-state index is 0.0247. The Balaban J connectivity index is 1.77. The van der Waals surface area contributed by atoms with Gasteiger partial charge in [-0.25, -0.2) is 9.18 Å². The first-order chi connectivity index (χ1) is 12.2. The highest BCUT2D eigenvalue weighted by Crippen LogP contribution is 2.26. The zero-order valence-corrected chi connectivity index (χ0v) is 15.6. The number of aliphatic carboxylic acids is 1. The molecule has 1 aromatic carbocycles. The molecular formula is C19H28FN3O3. The van der Waals surface area contributed by atoms with Crippen LogP contribution in [0.1, 0.15) is 39.2 Å². The first-order valence-electron chi connectivity index (χ1n) is 8.98. The highest BCUT2D eigenvalue weighted by Gasteiger charge is 2.35. The molecule has 0 radical (unpaired) electrons. The second-order valence-corrected chi connectivity index (χ2v) is 7.47. The number of carbonyl (C=O) groups excluding carboxylic acids is 1. The van der Waals surface area contributed by atoms with Gasteiger partial charge in [0.05, 0.1) is 6.54 Å². The van der Waals surface area contributed by atoms with E-state index in [1.165, 1.54) is 6.07 Å². The predicted molar refractivity (Wildman–Crippen MR) is 97.7 cm³/mol. The number of likely N-dealkylation sites (N-methyl/N-ethyl adjacent to an activating group) is 1. The van der Waals surface area contributed by atoms with Gasteiger partial charge < -0.3 is 15.7 Å². The third kappa shape index (κ3) is 5.17.